The van der Waals surface area contributed by atoms with Gasteiger partial charge in [-0.1, -0.05) is 13.8 Å². The summed E-state index contributed by atoms with van der Waals surface area (Å²) < 4.78 is 50.0. The average molecular weight is 345 g/mol. The molecule has 1 heterocycles. The van der Waals surface area contributed by atoms with Crippen molar-refractivity contribution in [2.75, 3.05) is 42.6 Å². The molecule has 0 spiro atoms. The van der Waals surface area contributed by atoms with E-state index in [0.717, 1.165) is 6.54 Å². The Kier molecular flexibility index (Phi) is 7.27. The van der Waals surface area contributed by atoms with E-state index in [2.05, 4.69) is 5.32 Å². The third kappa shape index (κ3) is 4.87. The fourth-order valence-corrected chi connectivity index (χ4v) is 7.42. The molecular weight excluding hydrogens is 320 g/mol. The van der Waals surface area contributed by atoms with Gasteiger partial charge in [-0.2, -0.15) is 16.1 Å². The lowest BCUT2D eigenvalue weighted by Crippen LogP contribution is -2.51. The smallest absolute Gasteiger partial charge is 0.215 e. The van der Waals surface area contributed by atoms with Crippen molar-refractivity contribution < 1.29 is 16.8 Å². The molecule has 120 valence electrons. The number of hydrogen-bond donors (Lipinski definition) is 1. The highest BCUT2D eigenvalue weighted by Gasteiger charge is 2.39. The van der Waals surface area contributed by atoms with Gasteiger partial charge in [0.25, 0.3) is 0 Å². The summed E-state index contributed by atoms with van der Waals surface area (Å²) in [5, 5.41) is 2.18. The second kappa shape index (κ2) is 7.98. The van der Waals surface area contributed by atoms with Crippen LogP contribution < -0.4 is 5.32 Å². The van der Waals surface area contributed by atoms with E-state index >= 15 is 0 Å². The lowest BCUT2D eigenvalue weighted by Gasteiger charge is -2.33. The minimum atomic E-state index is -3.51. The first-order valence-corrected chi connectivity index (χ1v) is 11.3. The van der Waals surface area contributed by atoms with Gasteiger partial charge in [0.2, 0.25) is 10.0 Å². The van der Waals surface area contributed by atoms with Gasteiger partial charge in [-0.05, 0) is 19.5 Å². The van der Waals surface area contributed by atoms with Gasteiger partial charge in [0.05, 0.1) is 5.75 Å². The second-order valence-electron chi connectivity index (χ2n) is 4.61. The number of nitrogens with one attached hydrogen (secondary N) is 1. The van der Waals surface area contributed by atoms with E-state index < -0.39 is 25.2 Å². The minimum Gasteiger partial charge on any atom is -0.317 e. The first-order valence-electron chi connectivity index (χ1n) is 6.84. The first-order chi connectivity index (χ1) is 9.35. The van der Waals surface area contributed by atoms with Crippen molar-refractivity contribution in [2.24, 2.45) is 0 Å². The normalized spacial score (nSPS) is 22.0. The van der Waals surface area contributed by atoms with E-state index in [-0.39, 0.29) is 18.1 Å². The quantitative estimate of drug-likeness (QED) is 0.630. The Balaban J connectivity index is 2.79. The number of rotatable bonds is 8. The Morgan fingerprint density at radius 2 is 1.95 bits per heavy atom. The summed E-state index contributed by atoms with van der Waals surface area (Å²) in [5.41, 5.74) is 0. The van der Waals surface area contributed by atoms with Crippen LogP contribution in [0.25, 0.3) is 0 Å². The SMILES string of the molecule is CCNCCCS(=O)(=O)N1CCSCC1S(=O)(=O)CC. The minimum absolute atomic E-state index is 0.000398. The van der Waals surface area contributed by atoms with Gasteiger partial charge >= 0.3 is 0 Å². The van der Waals surface area contributed by atoms with Crippen molar-refractivity contribution in [2.45, 2.75) is 25.6 Å². The van der Waals surface area contributed by atoms with Crippen molar-refractivity contribution in [3.63, 3.8) is 0 Å². The zero-order valence-electron chi connectivity index (χ0n) is 12.0. The van der Waals surface area contributed by atoms with Crippen molar-refractivity contribution in [3.8, 4) is 0 Å². The van der Waals surface area contributed by atoms with Crippen LogP contribution in [0.15, 0.2) is 0 Å². The summed E-state index contributed by atoms with van der Waals surface area (Å²) >= 11 is 1.50. The average Bonchev–Trinajstić information content (AvgIpc) is 2.43. The van der Waals surface area contributed by atoms with Gasteiger partial charge in [-0.15, -0.1) is 0 Å². The van der Waals surface area contributed by atoms with Crippen molar-refractivity contribution in [1.29, 1.82) is 0 Å². The predicted octanol–water partition coefficient (Wildman–Crippen LogP) is 0.125. The summed E-state index contributed by atoms with van der Waals surface area (Å²) in [7, 11) is -6.88. The molecule has 1 fully saturated rings. The van der Waals surface area contributed by atoms with Crippen molar-refractivity contribution in [1.82, 2.24) is 9.62 Å². The molecule has 1 atom stereocenters. The molecule has 0 aromatic carbocycles. The lowest BCUT2D eigenvalue weighted by molar-refractivity contribution is 0.403. The van der Waals surface area contributed by atoms with E-state index in [9.17, 15) is 16.8 Å². The zero-order valence-corrected chi connectivity index (χ0v) is 14.5. The number of sulfonamides is 1. The van der Waals surface area contributed by atoms with Crippen LogP contribution >= 0.6 is 11.8 Å². The largest absolute Gasteiger partial charge is 0.317 e. The molecule has 1 saturated heterocycles. The molecule has 1 aliphatic rings. The molecule has 0 radical (unpaired) electrons. The predicted molar refractivity (Wildman–Crippen MR) is 84.2 cm³/mol. The molecular formula is C11H24N2O4S3. The molecule has 0 bridgehead atoms. The number of hydrogen-bond acceptors (Lipinski definition) is 6. The summed E-state index contributed by atoms with van der Waals surface area (Å²) in [6, 6.07) is 0. The molecule has 1 aliphatic heterocycles. The molecule has 0 saturated carbocycles. The molecule has 1 rings (SSSR count). The third-order valence-electron chi connectivity index (χ3n) is 3.22. The van der Waals surface area contributed by atoms with E-state index in [1.54, 1.807) is 6.92 Å². The maximum absolute atomic E-state index is 12.3. The van der Waals surface area contributed by atoms with Gasteiger partial charge in [0.1, 0.15) is 5.37 Å². The van der Waals surface area contributed by atoms with Gasteiger partial charge in [0, 0.05) is 23.8 Å². The topological polar surface area (TPSA) is 83.6 Å². The highest BCUT2D eigenvalue weighted by atomic mass is 32.2. The maximum atomic E-state index is 12.3. The van der Waals surface area contributed by atoms with Crippen LogP contribution in [0.2, 0.25) is 0 Å². The molecule has 0 aliphatic carbocycles. The monoisotopic (exact) mass is 344 g/mol. The van der Waals surface area contributed by atoms with E-state index in [0.29, 0.717) is 24.5 Å². The molecule has 1 N–H and O–H groups in total. The van der Waals surface area contributed by atoms with Gasteiger partial charge < -0.3 is 5.32 Å². The number of nitrogens with zero attached hydrogens (tertiary/aromatic N) is 1. The fourth-order valence-electron chi connectivity index (χ4n) is 2.03. The Morgan fingerprint density at radius 1 is 1.25 bits per heavy atom. The maximum Gasteiger partial charge on any atom is 0.215 e. The third-order valence-corrected chi connectivity index (χ3v) is 8.60. The molecule has 6 nitrogen and oxygen atoms in total. The molecule has 1 unspecified atom stereocenters. The van der Waals surface area contributed by atoms with Crippen LogP contribution in [0.4, 0.5) is 0 Å². The van der Waals surface area contributed by atoms with Crippen LogP contribution in [0.3, 0.4) is 0 Å². The van der Waals surface area contributed by atoms with Gasteiger partial charge in [-0.25, -0.2) is 16.8 Å². The molecule has 20 heavy (non-hydrogen) atoms. The Morgan fingerprint density at radius 3 is 2.55 bits per heavy atom. The summed E-state index contributed by atoms with van der Waals surface area (Å²) in [4.78, 5) is 0. The standard InChI is InChI=1S/C11H24N2O4S3/c1-3-12-6-5-9-20(16,17)13-7-8-18-10-11(13)19(14,15)4-2/h11-12H,3-10H2,1-2H3. The summed E-state index contributed by atoms with van der Waals surface area (Å²) in [5.74, 6) is 0.965. The Labute approximate surface area is 126 Å². The Hall–Kier alpha value is 0.170. The van der Waals surface area contributed by atoms with Crippen molar-refractivity contribution >= 4 is 31.6 Å². The van der Waals surface area contributed by atoms with Crippen LogP contribution in [0, 0.1) is 0 Å². The van der Waals surface area contributed by atoms with Crippen LogP contribution in [0.5, 0.6) is 0 Å². The Bertz CT molecular complexity index is 490. The van der Waals surface area contributed by atoms with Crippen LogP contribution in [-0.4, -0.2) is 69.2 Å². The highest BCUT2D eigenvalue weighted by Crippen LogP contribution is 2.24. The van der Waals surface area contributed by atoms with Crippen molar-refractivity contribution in [3.05, 3.63) is 0 Å². The van der Waals surface area contributed by atoms with Crippen LogP contribution in [-0.2, 0) is 19.9 Å². The van der Waals surface area contributed by atoms with E-state index in [4.69, 9.17) is 0 Å². The lowest BCUT2D eigenvalue weighted by atomic mass is 10.5. The highest BCUT2D eigenvalue weighted by molar-refractivity contribution is 8.01. The fraction of sp³-hybridized carbons (Fsp3) is 1.00. The second-order valence-corrected chi connectivity index (χ2v) is 10.3. The summed E-state index contributed by atoms with van der Waals surface area (Å²) in [6.07, 6.45) is 0.499. The van der Waals surface area contributed by atoms with Crippen LogP contribution in [0.1, 0.15) is 20.3 Å². The zero-order chi connectivity index (χ0) is 15.2. The molecule has 0 aromatic heterocycles. The number of thioether (sulfide) groups is 1. The number of sulfone groups is 1. The van der Waals surface area contributed by atoms with Gasteiger partial charge in [-0.3, -0.25) is 0 Å². The van der Waals surface area contributed by atoms with Gasteiger partial charge in [0.15, 0.2) is 9.84 Å². The molecule has 0 aromatic rings. The first kappa shape index (κ1) is 18.2. The molecule has 9 heteroatoms. The van der Waals surface area contributed by atoms with E-state index in [1.165, 1.54) is 16.1 Å². The molecule has 0 amide bonds. The van der Waals surface area contributed by atoms with E-state index in [1.807, 2.05) is 6.92 Å². The summed E-state index contributed by atoms with van der Waals surface area (Å²) in [6.45, 7) is 5.24.